The fourth-order valence-corrected chi connectivity index (χ4v) is 6.18. The lowest BCUT2D eigenvalue weighted by Gasteiger charge is -2.19. The van der Waals surface area contributed by atoms with Crippen LogP contribution in [0.2, 0.25) is 0 Å². The predicted octanol–water partition coefficient (Wildman–Crippen LogP) is 6.87. The van der Waals surface area contributed by atoms with Crippen molar-refractivity contribution in [2.45, 2.75) is 52.6 Å². The molecule has 1 aliphatic carbocycles. The van der Waals surface area contributed by atoms with E-state index in [1.54, 1.807) is 0 Å². The van der Waals surface area contributed by atoms with E-state index in [9.17, 15) is 0 Å². The summed E-state index contributed by atoms with van der Waals surface area (Å²) in [5.41, 5.74) is 9.10. The molecule has 3 N–H and O–H groups in total. The SMILES string of the molecule is CC(C)c1ncc(-c2ccc(-c3cc4ccc5c(c4s3)CCC3=C5NC(C(C)C)N3)cc2)[nH]1. The van der Waals surface area contributed by atoms with E-state index in [2.05, 4.69) is 90.8 Å². The molecule has 4 nitrogen and oxygen atoms in total. The number of rotatable bonds is 4. The Morgan fingerprint density at radius 3 is 2.45 bits per heavy atom. The van der Waals surface area contributed by atoms with Crippen LogP contribution in [0.15, 0.2) is 54.4 Å². The number of fused-ring (bicyclic) bond motifs is 4. The molecule has 2 aromatic carbocycles. The van der Waals surface area contributed by atoms with Crippen molar-refractivity contribution < 1.29 is 0 Å². The average molecular weight is 455 g/mol. The number of aromatic nitrogens is 2. The topological polar surface area (TPSA) is 52.7 Å². The van der Waals surface area contributed by atoms with Gasteiger partial charge in [0.15, 0.2) is 0 Å². The highest BCUT2D eigenvalue weighted by Crippen LogP contribution is 2.42. The Hall–Kier alpha value is -3.05. The van der Waals surface area contributed by atoms with Gasteiger partial charge in [-0.05, 0) is 46.9 Å². The molecule has 4 aromatic rings. The van der Waals surface area contributed by atoms with Gasteiger partial charge in [-0.25, -0.2) is 4.98 Å². The molecule has 0 fully saturated rings. The minimum absolute atomic E-state index is 0.334. The van der Waals surface area contributed by atoms with Crippen LogP contribution in [0.25, 0.3) is 37.5 Å². The second kappa shape index (κ2) is 7.77. The van der Waals surface area contributed by atoms with Crippen LogP contribution in [-0.4, -0.2) is 16.1 Å². The van der Waals surface area contributed by atoms with E-state index in [0.29, 0.717) is 18.0 Å². The van der Waals surface area contributed by atoms with E-state index in [0.717, 1.165) is 24.4 Å². The van der Waals surface area contributed by atoms with Gasteiger partial charge in [0, 0.05) is 26.8 Å². The molecular weight excluding hydrogens is 424 g/mol. The summed E-state index contributed by atoms with van der Waals surface area (Å²) in [6, 6.07) is 15.8. The Balaban J connectivity index is 1.32. The lowest BCUT2D eigenvalue weighted by molar-refractivity contribution is 0.421. The van der Waals surface area contributed by atoms with Gasteiger partial charge >= 0.3 is 0 Å². The third-order valence-corrected chi connectivity index (χ3v) is 8.16. The van der Waals surface area contributed by atoms with Crippen LogP contribution in [0, 0.1) is 5.92 Å². The molecule has 2 aromatic heterocycles. The Morgan fingerprint density at radius 2 is 1.73 bits per heavy atom. The number of hydrogen-bond donors (Lipinski definition) is 3. The number of thiophene rings is 1. The lowest BCUT2D eigenvalue weighted by Crippen LogP contribution is -2.37. The van der Waals surface area contributed by atoms with Gasteiger partial charge in [0.1, 0.15) is 5.82 Å². The molecule has 2 aliphatic rings. The molecule has 168 valence electrons. The number of nitrogens with one attached hydrogen (secondary N) is 3. The minimum atomic E-state index is 0.334. The molecule has 1 aliphatic heterocycles. The number of nitrogens with zero attached hydrogens (tertiary/aromatic N) is 1. The number of benzene rings is 2. The monoisotopic (exact) mass is 454 g/mol. The molecule has 6 rings (SSSR count). The van der Waals surface area contributed by atoms with Gasteiger partial charge in [-0.3, -0.25) is 0 Å². The standard InChI is InChI=1S/C28H30N4S/c1-15(2)27-29-14-23(31-27)17-5-7-18(8-6-17)24-13-19-9-10-20-21(26(19)33-24)11-12-22-25(20)32-28(30-22)16(3)4/h5-10,13-16,28,30,32H,11-12H2,1-4H3,(H,29,31). The van der Waals surface area contributed by atoms with E-state index in [1.807, 2.05) is 17.5 Å². The molecule has 0 amide bonds. The third-order valence-electron chi connectivity index (χ3n) is 6.90. The first-order chi connectivity index (χ1) is 16.0. The van der Waals surface area contributed by atoms with Gasteiger partial charge in [0.25, 0.3) is 0 Å². The number of allylic oxidation sites excluding steroid dienone is 1. The second-order valence-electron chi connectivity index (χ2n) is 9.90. The van der Waals surface area contributed by atoms with E-state index in [1.165, 1.54) is 48.6 Å². The Labute approximate surface area is 199 Å². The van der Waals surface area contributed by atoms with E-state index in [-0.39, 0.29) is 0 Å². The number of H-pyrrole nitrogens is 1. The van der Waals surface area contributed by atoms with Crippen molar-refractivity contribution in [3.05, 3.63) is 71.3 Å². The molecule has 5 heteroatoms. The maximum Gasteiger partial charge on any atom is 0.109 e. The van der Waals surface area contributed by atoms with Crippen molar-refractivity contribution in [1.82, 2.24) is 20.6 Å². The van der Waals surface area contributed by atoms with Gasteiger partial charge < -0.3 is 15.6 Å². The molecule has 0 saturated heterocycles. The van der Waals surface area contributed by atoms with Gasteiger partial charge in [-0.2, -0.15) is 0 Å². The van der Waals surface area contributed by atoms with Crippen molar-refractivity contribution >= 4 is 27.1 Å². The zero-order valence-corrected chi connectivity index (χ0v) is 20.4. The Kier molecular flexibility index (Phi) is 4.84. The van der Waals surface area contributed by atoms with Crippen LogP contribution in [0.3, 0.4) is 0 Å². The quantitative estimate of drug-likeness (QED) is 0.315. The van der Waals surface area contributed by atoms with Crippen LogP contribution >= 0.6 is 11.3 Å². The van der Waals surface area contributed by atoms with Gasteiger partial charge in [-0.1, -0.05) is 64.1 Å². The summed E-state index contributed by atoms with van der Waals surface area (Å²) < 4.78 is 1.43. The molecule has 1 unspecified atom stereocenters. The Bertz CT molecular complexity index is 1370. The molecule has 33 heavy (non-hydrogen) atoms. The Morgan fingerprint density at radius 1 is 0.939 bits per heavy atom. The fraction of sp³-hybridized carbons (Fsp3) is 0.321. The second-order valence-corrected chi connectivity index (χ2v) is 11.0. The van der Waals surface area contributed by atoms with Crippen LogP contribution < -0.4 is 10.6 Å². The van der Waals surface area contributed by atoms with Gasteiger partial charge in [0.05, 0.1) is 23.8 Å². The average Bonchev–Trinajstić information content (AvgIpc) is 3.56. The maximum atomic E-state index is 4.51. The van der Waals surface area contributed by atoms with Crippen molar-refractivity contribution in [2.24, 2.45) is 5.92 Å². The molecule has 3 heterocycles. The summed E-state index contributed by atoms with van der Waals surface area (Å²) in [6.45, 7) is 8.84. The highest BCUT2D eigenvalue weighted by atomic mass is 32.1. The summed E-state index contributed by atoms with van der Waals surface area (Å²) >= 11 is 1.93. The summed E-state index contributed by atoms with van der Waals surface area (Å²) in [5.74, 6) is 1.99. The summed E-state index contributed by atoms with van der Waals surface area (Å²) in [5, 5.41) is 8.80. The molecule has 0 spiro atoms. The summed E-state index contributed by atoms with van der Waals surface area (Å²) in [4.78, 5) is 9.29. The minimum Gasteiger partial charge on any atom is -0.367 e. The van der Waals surface area contributed by atoms with Crippen molar-refractivity contribution in [3.63, 3.8) is 0 Å². The van der Waals surface area contributed by atoms with Crippen LogP contribution in [0.4, 0.5) is 0 Å². The first kappa shape index (κ1) is 20.5. The zero-order valence-electron chi connectivity index (χ0n) is 19.6. The molecule has 0 saturated carbocycles. The highest BCUT2D eigenvalue weighted by molar-refractivity contribution is 7.22. The first-order valence-corrected chi connectivity index (χ1v) is 12.8. The predicted molar refractivity (Wildman–Crippen MR) is 139 cm³/mol. The number of imidazole rings is 1. The normalized spacial score (nSPS) is 17.5. The molecular formula is C28H30N4S. The van der Waals surface area contributed by atoms with Crippen LogP contribution in [0.5, 0.6) is 0 Å². The highest BCUT2D eigenvalue weighted by Gasteiger charge is 2.30. The molecule has 0 bridgehead atoms. The van der Waals surface area contributed by atoms with Crippen molar-refractivity contribution in [3.8, 4) is 21.7 Å². The molecule has 1 atom stereocenters. The van der Waals surface area contributed by atoms with Crippen LogP contribution in [-0.2, 0) is 6.42 Å². The summed E-state index contributed by atoms with van der Waals surface area (Å²) in [7, 11) is 0. The lowest BCUT2D eigenvalue weighted by atomic mass is 9.92. The number of aryl methyl sites for hydroxylation is 1. The molecule has 0 radical (unpaired) electrons. The number of hydrogen-bond acceptors (Lipinski definition) is 4. The largest absolute Gasteiger partial charge is 0.367 e. The van der Waals surface area contributed by atoms with Crippen molar-refractivity contribution in [2.75, 3.05) is 0 Å². The fourth-order valence-electron chi connectivity index (χ4n) is 4.94. The van der Waals surface area contributed by atoms with E-state index in [4.69, 9.17) is 0 Å². The smallest absolute Gasteiger partial charge is 0.109 e. The summed E-state index contributed by atoms with van der Waals surface area (Å²) in [6.07, 6.45) is 4.46. The van der Waals surface area contributed by atoms with Crippen molar-refractivity contribution in [1.29, 1.82) is 0 Å². The van der Waals surface area contributed by atoms with Gasteiger partial charge in [-0.15, -0.1) is 11.3 Å². The van der Waals surface area contributed by atoms with Crippen LogP contribution in [0.1, 0.15) is 57.0 Å². The van der Waals surface area contributed by atoms with E-state index < -0.39 is 0 Å². The third kappa shape index (κ3) is 3.46. The van der Waals surface area contributed by atoms with Gasteiger partial charge in [0.2, 0.25) is 0 Å². The zero-order chi connectivity index (χ0) is 22.7. The number of aromatic amines is 1. The van der Waals surface area contributed by atoms with E-state index >= 15 is 0 Å². The maximum absolute atomic E-state index is 4.51. The first-order valence-electron chi connectivity index (χ1n) is 12.0.